The van der Waals surface area contributed by atoms with E-state index in [0.717, 1.165) is 38.5 Å². The maximum absolute atomic E-state index is 2.45. The Labute approximate surface area is 222 Å². The van der Waals surface area contributed by atoms with E-state index in [1.807, 2.05) is 22.7 Å². The Bertz CT molecular complexity index is 1500. The van der Waals surface area contributed by atoms with Gasteiger partial charge in [0.2, 0.25) is 0 Å². The van der Waals surface area contributed by atoms with Crippen LogP contribution in [0.5, 0.6) is 0 Å². The second kappa shape index (κ2) is 10.2. The van der Waals surface area contributed by atoms with Crippen molar-refractivity contribution in [3.63, 3.8) is 0 Å². The van der Waals surface area contributed by atoms with Gasteiger partial charge in [0, 0.05) is 29.9 Å². The Kier molecular flexibility index (Phi) is 6.65. The molecule has 6 aromatic rings. The highest BCUT2D eigenvalue weighted by atomic mass is 32.1. The van der Waals surface area contributed by atoms with Gasteiger partial charge < -0.3 is 0 Å². The first kappa shape index (κ1) is 23.5. The molecule has 6 rings (SSSR count). The summed E-state index contributed by atoms with van der Waals surface area (Å²) in [4.78, 5) is 2.97. The van der Waals surface area contributed by atoms with Gasteiger partial charge in [0.1, 0.15) is 0 Å². The summed E-state index contributed by atoms with van der Waals surface area (Å²) in [5, 5.41) is 5.63. The predicted molar refractivity (Wildman–Crippen MR) is 161 cm³/mol. The standard InChI is InChI=1S/C34H32S2/c1-3-23-5-9-25(10-6-23)13-15-27-21-31-29-18-20-34-32(30(29)17-19-33(31)35-27)22-28(36-34)16-14-26-11-7-24(4-2)8-12-26/h5-12,17-22H,3-4,13-16H2,1-2H3. The maximum atomic E-state index is 2.45. The maximum Gasteiger partial charge on any atom is 0.0352 e. The molecule has 0 atom stereocenters. The van der Waals surface area contributed by atoms with E-state index in [1.165, 1.54) is 63.0 Å². The van der Waals surface area contributed by atoms with Crippen molar-refractivity contribution < 1.29 is 0 Å². The number of benzene rings is 4. The Morgan fingerprint density at radius 3 is 1.19 bits per heavy atom. The normalized spacial score (nSPS) is 11.7. The van der Waals surface area contributed by atoms with Crippen LogP contribution in [0, 0.1) is 0 Å². The van der Waals surface area contributed by atoms with Gasteiger partial charge in [-0.1, -0.05) is 74.5 Å². The van der Waals surface area contributed by atoms with Gasteiger partial charge >= 0.3 is 0 Å². The molecule has 2 heteroatoms. The van der Waals surface area contributed by atoms with Crippen molar-refractivity contribution in [2.24, 2.45) is 0 Å². The summed E-state index contributed by atoms with van der Waals surface area (Å²) >= 11 is 3.92. The summed E-state index contributed by atoms with van der Waals surface area (Å²) in [6.45, 7) is 4.43. The molecule has 0 saturated heterocycles. The highest BCUT2D eigenvalue weighted by Crippen LogP contribution is 2.38. The third kappa shape index (κ3) is 4.73. The lowest BCUT2D eigenvalue weighted by Crippen LogP contribution is -1.89. The van der Waals surface area contributed by atoms with Gasteiger partial charge in [-0.25, -0.2) is 0 Å². The number of aryl methyl sites for hydroxylation is 6. The summed E-state index contributed by atoms with van der Waals surface area (Å²) < 4.78 is 2.81. The summed E-state index contributed by atoms with van der Waals surface area (Å²) in [5.41, 5.74) is 5.70. The molecule has 180 valence electrons. The molecule has 4 aromatic carbocycles. The smallest absolute Gasteiger partial charge is 0.0352 e. The molecule has 0 unspecified atom stereocenters. The first-order chi connectivity index (χ1) is 17.7. The monoisotopic (exact) mass is 504 g/mol. The molecular formula is C34H32S2. The van der Waals surface area contributed by atoms with Gasteiger partial charge in [-0.3, -0.25) is 0 Å². The van der Waals surface area contributed by atoms with Crippen LogP contribution in [0.3, 0.4) is 0 Å². The van der Waals surface area contributed by atoms with Gasteiger partial charge in [-0.05, 0) is 95.8 Å². The van der Waals surface area contributed by atoms with E-state index in [-0.39, 0.29) is 0 Å². The zero-order valence-corrected chi connectivity index (χ0v) is 22.8. The van der Waals surface area contributed by atoms with E-state index < -0.39 is 0 Å². The highest BCUT2D eigenvalue weighted by molar-refractivity contribution is 7.19. The van der Waals surface area contributed by atoms with Gasteiger partial charge in [-0.15, -0.1) is 22.7 Å². The Balaban J connectivity index is 1.24. The van der Waals surface area contributed by atoms with Crippen molar-refractivity contribution in [3.8, 4) is 0 Å². The summed E-state index contributed by atoms with van der Waals surface area (Å²) in [5.74, 6) is 0. The fourth-order valence-electron chi connectivity index (χ4n) is 5.22. The molecule has 0 nitrogen and oxygen atoms in total. The van der Waals surface area contributed by atoms with E-state index in [2.05, 4.69) is 98.8 Å². The Morgan fingerprint density at radius 2 is 0.806 bits per heavy atom. The minimum absolute atomic E-state index is 1.11. The largest absolute Gasteiger partial charge is 0.140 e. The minimum Gasteiger partial charge on any atom is -0.140 e. The third-order valence-corrected chi connectivity index (χ3v) is 9.80. The van der Waals surface area contributed by atoms with Crippen LogP contribution < -0.4 is 0 Å². The second-order valence-corrected chi connectivity index (χ2v) is 12.2. The van der Waals surface area contributed by atoms with E-state index in [1.54, 1.807) is 0 Å². The van der Waals surface area contributed by atoms with Crippen molar-refractivity contribution in [2.75, 3.05) is 0 Å². The number of hydrogen-bond acceptors (Lipinski definition) is 2. The van der Waals surface area contributed by atoms with E-state index in [4.69, 9.17) is 0 Å². The zero-order chi connectivity index (χ0) is 24.5. The molecule has 0 saturated carbocycles. The fourth-order valence-corrected chi connectivity index (χ4v) is 7.37. The molecule has 36 heavy (non-hydrogen) atoms. The molecule has 0 radical (unpaired) electrons. The van der Waals surface area contributed by atoms with Gasteiger partial charge in [0.25, 0.3) is 0 Å². The summed E-state index contributed by atoms with van der Waals surface area (Å²) in [6.07, 6.45) is 6.64. The molecule has 0 aliphatic heterocycles. The van der Waals surface area contributed by atoms with Crippen molar-refractivity contribution in [1.29, 1.82) is 0 Å². The van der Waals surface area contributed by atoms with E-state index in [0.29, 0.717) is 0 Å². The van der Waals surface area contributed by atoms with E-state index >= 15 is 0 Å². The molecule has 2 aromatic heterocycles. The Morgan fingerprint density at radius 1 is 0.417 bits per heavy atom. The Hall–Kier alpha value is -2.94. The highest BCUT2D eigenvalue weighted by Gasteiger charge is 2.11. The lowest BCUT2D eigenvalue weighted by molar-refractivity contribution is 0.977. The quantitative estimate of drug-likeness (QED) is 0.193. The average Bonchev–Trinajstić information content (AvgIpc) is 3.55. The number of thiophene rings is 2. The SMILES string of the molecule is CCc1ccc(CCc2cc3c(ccc4c5cc(CCc6ccc(CC)cc6)sc5ccc34)s2)cc1. The van der Waals surface area contributed by atoms with Crippen LogP contribution in [0.2, 0.25) is 0 Å². The molecule has 0 aliphatic carbocycles. The van der Waals surface area contributed by atoms with Gasteiger partial charge in [-0.2, -0.15) is 0 Å². The molecule has 2 heterocycles. The summed E-state index contributed by atoms with van der Waals surface area (Å²) in [7, 11) is 0. The average molecular weight is 505 g/mol. The van der Waals surface area contributed by atoms with Crippen LogP contribution in [0.25, 0.3) is 30.9 Å². The predicted octanol–water partition coefficient (Wildman–Crippen LogP) is 9.96. The second-order valence-electron chi connectivity index (χ2n) is 9.82. The zero-order valence-electron chi connectivity index (χ0n) is 21.1. The van der Waals surface area contributed by atoms with Crippen LogP contribution in [-0.2, 0) is 38.5 Å². The number of hydrogen-bond donors (Lipinski definition) is 0. The van der Waals surface area contributed by atoms with Crippen molar-refractivity contribution in [2.45, 2.75) is 52.4 Å². The minimum atomic E-state index is 1.11. The van der Waals surface area contributed by atoms with Crippen molar-refractivity contribution >= 4 is 53.6 Å². The molecule has 0 N–H and O–H groups in total. The lowest BCUT2D eigenvalue weighted by atomic mass is 10.0. The van der Waals surface area contributed by atoms with E-state index in [9.17, 15) is 0 Å². The molecule has 0 bridgehead atoms. The third-order valence-electron chi connectivity index (χ3n) is 7.48. The molecule has 0 aliphatic rings. The fraction of sp³-hybridized carbons (Fsp3) is 0.235. The van der Waals surface area contributed by atoms with Crippen LogP contribution in [0.4, 0.5) is 0 Å². The van der Waals surface area contributed by atoms with Gasteiger partial charge in [0.05, 0.1) is 0 Å². The van der Waals surface area contributed by atoms with Gasteiger partial charge in [0.15, 0.2) is 0 Å². The van der Waals surface area contributed by atoms with Crippen LogP contribution in [0.1, 0.15) is 45.9 Å². The van der Waals surface area contributed by atoms with Crippen LogP contribution in [-0.4, -0.2) is 0 Å². The first-order valence-electron chi connectivity index (χ1n) is 13.2. The lowest BCUT2D eigenvalue weighted by Gasteiger charge is -2.02. The molecule has 0 fully saturated rings. The van der Waals surface area contributed by atoms with Crippen molar-refractivity contribution in [1.82, 2.24) is 0 Å². The molecular weight excluding hydrogens is 473 g/mol. The first-order valence-corrected chi connectivity index (χ1v) is 14.9. The number of rotatable bonds is 8. The van der Waals surface area contributed by atoms with Crippen LogP contribution >= 0.6 is 22.7 Å². The van der Waals surface area contributed by atoms with Crippen molar-refractivity contribution in [3.05, 3.63) is 117 Å². The topological polar surface area (TPSA) is 0 Å². The van der Waals surface area contributed by atoms with Crippen LogP contribution in [0.15, 0.2) is 84.9 Å². The molecule has 0 amide bonds. The summed E-state index contributed by atoms with van der Waals surface area (Å²) in [6, 6.07) is 32.6. The molecule has 0 spiro atoms. The number of fused-ring (bicyclic) bond motifs is 5.